The molecule has 0 fully saturated rings. The predicted octanol–water partition coefficient (Wildman–Crippen LogP) is 3.50. The van der Waals surface area contributed by atoms with E-state index in [2.05, 4.69) is 36.2 Å². The average molecular weight is 397 g/mol. The van der Waals surface area contributed by atoms with Crippen molar-refractivity contribution < 1.29 is 4.84 Å². The Balaban J connectivity index is 2.02. The van der Waals surface area contributed by atoms with Crippen molar-refractivity contribution in [1.29, 1.82) is 0 Å². The van der Waals surface area contributed by atoms with Gasteiger partial charge in [0.25, 0.3) is 0 Å². The van der Waals surface area contributed by atoms with Gasteiger partial charge in [-0.05, 0) is 28.4 Å². The molecule has 0 aliphatic heterocycles. The molecule has 23 heavy (non-hydrogen) atoms. The maximum atomic E-state index is 6.30. The fourth-order valence-corrected chi connectivity index (χ4v) is 2.82. The third kappa shape index (κ3) is 3.48. The van der Waals surface area contributed by atoms with Gasteiger partial charge >= 0.3 is 0 Å². The number of halogens is 2. The van der Waals surface area contributed by atoms with Crippen LogP contribution in [0.4, 0.5) is 5.82 Å². The van der Waals surface area contributed by atoms with Gasteiger partial charge in [-0.3, -0.25) is 0 Å². The highest BCUT2D eigenvalue weighted by molar-refractivity contribution is 9.10. The van der Waals surface area contributed by atoms with Crippen LogP contribution in [-0.4, -0.2) is 27.7 Å². The van der Waals surface area contributed by atoms with Crippen molar-refractivity contribution >= 4 is 39.0 Å². The van der Waals surface area contributed by atoms with Crippen molar-refractivity contribution in [3.63, 3.8) is 0 Å². The van der Waals surface area contributed by atoms with Crippen molar-refractivity contribution in [1.82, 2.24) is 14.6 Å². The second-order valence-electron chi connectivity index (χ2n) is 4.89. The van der Waals surface area contributed by atoms with Crippen molar-refractivity contribution in [3.8, 4) is 11.3 Å². The normalized spacial score (nSPS) is 11.1. The molecule has 0 radical (unpaired) electrons. The van der Waals surface area contributed by atoms with Gasteiger partial charge in [0.15, 0.2) is 5.65 Å². The zero-order valence-electron chi connectivity index (χ0n) is 12.2. The lowest BCUT2D eigenvalue weighted by atomic mass is 10.1. The van der Waals surface area contributed by atoms with E-state index in [0.29, 0.717) is 18.2 Å². The summed E-state index contributed by atoms with van der Waals surface area (Å²) in [5.74, 6) is 5.87. The quantitative estimate of drug-likeness (QED) is 0.492. The van der Waals surface area contributed by atoms with E-state index in [0.717, 1.165) is 33.6 Å². The van der Waals surface area contributed by atoms with Gasteiger partial charge in [0.2, 0.25) is 0 Å². The van der Waals surface area contributed by atoms with Gasteiger partial charge in [-0.2, -0.15) is 9.61 Å². The second-order valence-corrected chi connectivity index (χ2v) is 6.15. The summed E-state index contributed by atoms with van der Waals surface area (Å²) in [5, 5.41) is 8.31. The minimum Gasteiger partial charge on any atom is -0.370 e. The molecule has 2 heterocycles. The number of anilines is 1. The van der Waals surface area contributed by atoms with Crippen LogP contribution in [-0.2, 0) is 4.84 Å². The van der Waals surface area contributed by atoms with E-state index in [4.69, 9.17) is 17.5 Å². The van der Waals surface area contributed by atoms with Crippen molar-refractivity contribution in [2.24, 2.45) is 5.90 Å². The minimum absolute atomic E-state index is 0.487. The van der Waals surface area contributed by atoms with Crippen LogP contribution in [0.1, 0.15) is 6.42 Å². The van der Waals surface area contributed by atoms with Gasteiger partial charge in [0, 0.05) is 23.2 Å². The predicted molar refractivity (Wildman–Crippen MR) is 94.4 cm³/mol. The summed E-state index contributed by atoms with van der Waals surface area (Å²) in [4.78, 5) is 9.24. The number of hydrogen-bond donors (Lipinski definition) is 2. The summed E-state index contributed by atoms with van der Waals surface area (Å²) in [7, 11) is 0. The number of aromatic nitrogens is 3. The first-order chi connectivity index (χ1) is 11.2. The summed E-state index contributed by atoms with van der Waals surface area (Å²) in [5.41, 5.74) is 2.37. The zero-order chi connectivity index (χ0) is 16.2. The Hall–Kier alpha value is -1.67. The fraction of sp³-hybridized carbons (Fsp3) is 0.200. The molecule has 6 nitrogen and oxygen atoms in total. The highest BCUT2D eigenvalue weighted by atomic mass is 79.9. The highest BCUT2D eigenvalue weighted by Gasteiger charge is 2.12. The zero-order valence-corrected chi connectivity index (χ0v) is 14.5. The molecule has 0 spiro atoms. The van der Waals surface area contributed by atoms with Gasteiger partial charge in [-0.1, -0.05) is 29.8 Å². The summed E-state index contributed by atoms with van der Waals surface area (Å²) in [6.45, 7) is 1.19. The lowest BCUT2D eigenvalue weighted by molar-refractivity contribution is 0.137. The second kappa shape index (κ2) is 7.27. The lowest BCUT2D eigenvalue weighted by Crippen LogP contribution is -2.11. The molecule has 0 bridgehead atoms. The molecule has 0 amide bonds. The minimum atomic E-state index is 0.487. The molecular formula is C15H15BrClN5O. The first kappa shape index (κ1) is 16.2. The Bertz CT molecular complexity index is 823. The smallest absolute Gasteiger partial charge is 0.172 e. The van der Waals surface area contributed by atoms with Gasteiger partial charge in [-0.25, -0.2) is 10.9 Å². The maximum absolute atomic E-state index is 6.30. The van der Waals surface area contributed by atoms with E-state index in [1.807, 2.05) is 30.3 Å². The van der Waals surface area contributed by atoms with Gasteiger partial charge in [0.1, 0.15) is 5.82 Å². The van der Waals surface area contributed by atoms with Crippen molar-refractivity contribution in [2.75, 3.05) is 18.5 Å². The SMILES string of the molecule is NOCCCNc1cc(-c2ccccc2Cl)nc2c(Br)cnn12. The molecule has 3 rings (SSSR count). The molecule has 0 aliphatic carbocycles. The molecule has 2 aromatic heterocycles. The summed E-state index contributed by atoms with van der Waals surface area (Å²) in [6, 6.07) is 9.55. The molecule has 0 aliphatic rings. The average Bonchev–Trinajstić information content (AvgIpc) is 2.93. The van der Waals surface area contributed by atoms with E-state index in [9.17, 15) is 0 Å². The van der Waals surface area contributed by atoms with Crippen LogP contribution in [0.5, 0.6) is 0 Å². The summed E-state index contributed by atoms with van der Waals surface area (Å²) < 4.78 is 2.56. The van der Waals surface area contributed by atoms with E-state index >= 15 is 0 Å². The summed E-state index contributed by atoms with van der Waals surface area (Å²) in [6.07, 6.45) is 2.50. The Labute approximate surface area is 146 Å². The topological polar surface area (TPSA) is 77.5 Å². The molecule has 3 aromatic rings. The Morgan fingerprint density at radius 3 is 2.96 bits per heavy atom. The summed E-state index contributed by atoms with van der Waals surface area (Å²) >= 11 is 9.77. The van der Waals surface area contributed by atoms with Crippen LogP contribution in [0, 0.1) is 0 Å². The van der Waals surface area contributed by atoms with Crippen LogP contribution in [0.2, 0.25) is 5.02 Å². The number of hydrogen-bond acceptors (Lipinski definition) is 5. The molecule has 1 aromatic carbocycles. The molecule has 0 atom stereocenters. The third-order valence-electron chi connectivity index (χ3n) is 3.32. The van der Waals surface area contributed by atoms with Gasteiger partial charge < -0.3 is 10.2 Å². The molecule has 3 N–H and O–H groups in total. The first-order valence-electron chi connectivity index (χ1n) is 7.05. The number of nitrogens with one attached hydrogen (secondary N) is 1. The molecule has 0 saturated carbocycles. The van der Waals surface area contributed by atoms with Crippen LogP contribution in [0.15, 0.2) is 41.0 Å². The third-order valence-corrected chi connectivity index (χ3v) is 4.21. The van der Waals surface area contributed by atoms with E-state index in [-0.39, 0.29) is 0 Å². The number of nitrogens with two attached hydrogens (primary N) is 1. The number of benzene rings is 1. The van der Waals surface area contributed by atoms with E-state index in [1.54, 1.807) is 10.7 Å². The molecule has 120 valence electrons. The van der Waals surface area contributed by atoms with E-state index in [1.165, 1.54) is 0 Å². The van der Waals surface area contributed by atoms with Gasteiger partial charge in [0.05, 0.1) is 23.0 Å². The monoisotopic (exact) mass is 395 g/mol. The van der Waals surface area contributed by atoms with E-state index < -0.39 is 0 Å². The standard InChI is InChI=1S/C15H15BrClN5O/c16-11-9-20-22-14(19-6-3-7-23-18)8-13(21-15(11)22)10-4-1-2-5-12(10)17/h1-2,4-5,8-9,19H,3,6-7,18H2. The van der Waals surface area contributed by atoms with Crippen LogP contribution < -0.4 is 11.2 Å². The molecule has 0 saturated heterocycles. The number of rotatable bonds is 6. The Kier molecular flexibility index (Phi) is 5.12. The van der Waals surface area contributed by atoms with Gasteiger partial charge in [-0.15, -0.1) is 0 Å². The first-order valence-corrected chi connectivity index (χ1v) is 8.22. The number of nitrogens with zero attached hydrogens (tertiary/aromatic N) is 3. The van der Waals surface area contributed by atoms with Crippen LogP contribution >= 0.6 is 27.5 Å². The van der Waals surface area contributed by atoms with Crippen molar-refractivity contribution in [2.45, 2.75) is 6.42 Å². The Morgan fingerprint density at radius 2 is 2.17 bits per heavy atom. The Morgan fingerprint density at radius 1 is 1.35 bits per heavy atom. The highest BCUT2D eigenvalue weighted by Crippen LogP contribution is 2.30. The lowest BCUT2D eigenvalue weighted by Gasteiger charge is -2.11. The fourth-order valence-electron chi connectivity index (χ4n) is 2.24. The largest absolute Gasteiger partial charge is 0.370 e. The van der Waals surface area contributed by atoms with Crippen molar-refractivity contribution in [3.05, 3.63) is 46.0 Å². The molecule has 8 heteroatoms. The van der Waals surface area contributed by atoms with Crippen LogP contribution in [0.25, 0.3) is 16.9 Å². The maximum Gasteiger partial charge on any atom is 0.172 e. The molecule has 0 unspecified atom stereocenters. The number of fused-ring (bicyclic) bond motifs is 1. The van der Waals surface area contributed by atoms with Crippen LogP contribution in [0.3, 0.4) is 0 Å². The molecular weight excluding hydrogens is 382 g/mol.